The summed E-state index contributed by atoms with van der Waals surface area (Å²) in [6.07, 6.45) is -1.57. The van der Waals surface area contributed by atoms with Crippen LogP contribution < -0.4 is 25.5 Å². The summed E-state index contributed by atoms with van der Waals surface area (Å²) in [6.45, 7) is 1.22. The van der Waals surface area contributed by atoms with Crippen molar-refractivity contribution in [3.63, 3.8) is 0 Å². The van der Waals surface area contributed by atoms with Crippen LogP contribution in [0.4, 0.5) is 49.6 Å². The van der Waals surface area contributed by atoms with Crippen LogP contribution in [0, 0.1) is 26.8 Å². The van der Waals surface area contributed by atoms with Crippen molar-refractivity contribution < 1.29 is 53.4 Å². The predicted molar refractivity (Wildman–Crippen MR) is 240 cm³/mol. The summed E-state index contributed by atoms with van der Waals surface area (Å²) in [7, 11) is 0. The molecule has 8 aromatic rings. The summed E-state index contributed by atoms with van der Waals surface area (Å²) in [5.74, 6) is -4.35. The molecule has 5 heterocycles. The Labute approximate surface area is 396 Å². The number of nitrogens with zero attached hydrogens (tertiary/aromatic N) is 7. The number of alkyl halides is 6. The fourth-order valence-corrected chi connectivity index (χ4v) is 7.86. The minimum atomic E-state index is -4.71. The zero-order chi connectivity index (χ0) is 49.2. The molecule has 1 saturated heterocycles. The van der Waals surface area contributed by atoms with E-state index in [2.05, 4.69) is 19.9 Å². The third-order valence-electron chi connectivity index (χ3n) is 10.8. The standard InChI is InChI=1S/C26H21F5N4O2.C21H11F5IN3O2/c27-17-5-4-16(22(28)10-17)14-35-15-33-24(36)20-12-19(6-7-23(20)35)37-25-21(26(29,30)31)11-18(13-32-25)34-8-2-1-3-9-34;22-12-2-1-11(17(23)5-12)9-30-10-29-19(31)15-7-14(3-4-18(15)30)32-20-16(21(24,25)26)6-13(27)8-28-20/h4-7,10-13,15H,1-3,8-9,14H2;1-8,10H,9H2. The second kappa shape index (κ2) is 19.9. The first-order valence-electron chi connectivity index (χ1n) is 20.6. The molecule has 4 aromatic carbocycles. The van der Waals surface area contributed by atoms with Gasteiger partial charge in [0.05, 0.1) is 59.4 Å². The molecule has 9 rings (SSSR count). The van der Waals surface area contributed by atoms with Gasteiger partial charge in [0, 0.05) is 46.1 Å². The van der Waals surface area contributed by atoms with Gasteiger partial charge in [-0.15, -0.1) is 0 Å². The number of piperidine rings is 1. The highest BCUT2D eigenvalue weighted by Crippen LogP contribution is 2.40. The lowest BCUT2D eigenvalue weighted by Gasteiger charge is -2.29. The van der Waals surface area contributed by atoms with Gasteiger partial charge in [0.1, 0.15) is 45.9 Å². The lowest BCUT2D eigenvalue weighted by atomic mass is 10.1. The molecule has 0 radical (unpaired) electrons. The van der Waals surface area contributed by atoms with Gasteiger partial charge in [-0.25, -0.2) is 27.5 Å². The first-order valence-corrected chi connectivity index (χ1v) is 21.7. The lowest BCUT2D eigenvalue weighted by Crippen LogP contribution is -2.29. The molecule has 356 valence electrons. The van der Waals surface area contributed by atoms with Crippen LogP contribution in [0.1, 0.15) is 41.5 Å². The number of rotatable bonds is 9. The third-order valence-corrected chi connectivity index (χ3v) is 11.4. The van der Waals surface area contributed by atoms with Gasteiger partial charge in [-0.3, -0.25) is 9.59 Å². The van der Waals surface area contributed by atoms with Crippen LogP contribution in [0.25, 0.3) is 21.8 Å². The maximum Gasteiger partial charge on any atom is 0.421 e. The molecule has 22 heteroatoms. The average Bonchev–Trinajstić information content (AvgIpc) is 3.30. The molecule has 1 fully saturated rings. The van der Waals surface area contributed by atoms with Gasteiger partial charge in [0.15, 0.2) is 0 Å². The molecule has 0 spiro atoms. The second-order valence-electron chi connectivity index (χ2n) is 15.5. The number of hydrogen-bond donors (Lipinski definition) is 0. The minimum absolute atomic E-state index is 0.0409. The third kappa shape index (κ3) is 11.3. The Balaban J connectivity index is 0.000000188. The molecule has 4 aromatic heterocycles. The summed E-state index contributed by atoms with van der Waals surface area (Å²) in [6, 6.07) is 16.3. The van der Waals surface area contributed by atoms with Crippen molar-refractivity contribution in [3.05, 3.63) is 180 Å². The van der Waals surface area contributed by atoms with Gasteiger partial charge in [-0.1, -0.05) is 12.1 Å². The largest absolute Gasteiger partial charge is 0.438 e. The quantitative estimate of drug-likeness (QED) is 0.103. The Hall–Kier alpha value is -7.11. The van der Waals surface area contributed by atoms with Gasteiger partial charge in [-0.05, 0) is 103 Å². The molecule has 0 amide bonds. The van der Waals surface area contributed by atoms with E-state index in [4.69, 9.17) is 9.47 Å². The van der Waals surface area contributed by atoms with Crippen molar-refractivity contribution in [1.82, 2.24) is 29.1 Å². The Morgan fingerprint density at radius 1 is 0.551 bits per heavy atom. The maximum atomic E-state index is 14.1. The molecule has 1 aliphatic heterocycles. The fraction of sp³-hybridized carbons (Fsp3) is 0.191. The molecule has 0 saturated carbocycles. The second-order valence-corrected chi connectivity index (χ2v) is 16.7. The molecule has 11 nitrogen and oxygen atoms in total. The smallest absolute Gasteiger partial charge is 0.421 e. The van der Waals surface area contributed by atoms with E-state index in [1.54, 1.807) is 22.6 Å². The van der Waals surface area contributed by atoms with Crippen molar-refractivity contribution in [2.24, 2.45) is 0 Å². The zero-order valence-electron chi connectivity index (χ0n) is 35.3. The molecular weight excluding hydrogens is 1040 g/mol. The van der Waals surface area contributed by atoms with E-state index in [0.29, 0.717) is 29.8 Å². The molecule has 1 aliphatic rings. The van der Waals surface area contributed by atoms with Crippen molar-refractivity contribution in [2.75, 3.05) is 18.0 Å². The van der Waals surface area contributed by atoms with Crippen molar-refractivity contribution in [1.29, 1.82) is 0 Å². The number of hydrogen-bond acceptors (Lipinski definition) is 9. The number of ether oxygens (including phenoxy) is 2. The van der Waals surface area contributed by atoms with Crippen LogP contribution in [0.2, 0.25) is 0 Å². The number of aromatic nitrogens is 6. The van der Waals surface area contributed by atoms with Crippen molar-refractivity contribution in [2.45, 2.75) is 44.7 Å². The van der Waals surface area contributed by atoms with E-state index in [9.17, 15) is 53.5 Å². The van der Waals surface area contributed by atoms with E-state index >= 15 is 0 Å². The van der Waals surface area contributed by atoms with Gasteiger partial charge in [0.2, 0.25) is 11.8 Å². The number of anilines is 1. The summed E-state index contributed by atoms with van der Waals surface area (Å²) in [4.78, 5) is 41.7. The number of halogens is 11. The highest BCUT2D eigenvalue weighted by atomic mass is 127. The average molecular weight is 1080 g/mol. The summed E-state index contributed by atoms with van der Waals surface area (Å²) < 4.78 is 150. The van der Waals surface area contributed by atoms with Crippen LogP contribution in [-0.4, -0.2) is 42.2 Å². The van der Waals surface area contributed by atoms with Crippen LogP contribution in [-0.2, 0) is 25.4 Å². The Bertz CT molecular complexity index is 3340. The van der Waals surface area contributed by atoms with Gasteiger partial charge < -0.3 is 23.5 Å². The summed E-state index contributed by atoms with van der Waals surface area (Å²) >= 11 is 1.71. The molecule has 69 heavy (non-hydrogen) atoms. The summed E-state index contributed by atoms with van der Waals surface area (Å²) in [5, 5.41) is 0.104. The minimum Gasteiger partial charge on any atom is -0.438 e. The van der Waals surface area contributed by atoms with Crippen LogP contribution in [0.3, 0.4) is 0 Å². The molecule has 0 atom stereocenters. The number of benzene rings is 4. The van der Waals surface area contributed by atoms with Gasteiger partial charge in [-0.2, -0.15) is 36.3 Å². The Morgan fingerprint density at radius 3 is 1.48 bits per heavy atom. The van der Waals surface area contributed by atoms with Gasteiger partial charge in [0.25, 0.3) is 11.1 Å². The van der Waals surface area contributed by atoms with Crippen molar-refractivity contribution >= 4 is 50.1 Å². The molecule has 0 unspecified atom stereocenters. The maximum absolute atomic E-state index is 14.1. The van der Waals surface area contributed by atoms with E-state index in [0.717, 1.165) is 55.7 Å². The Kier molecular flexibility index (Phi) is 13.9. The zero-order valence-corrected chi connectivity index (χ0v) is 37.4. The normalized spacial score (nSPS) is 13.1. The van der Waals surface area contributed by atoms with Crippen LogP contribution in [0.15, 0.2) is 120 Å². The van der Waals surface area contributed by atoms with E-state index < -0.39 is 69.6 Å². The Morgan fingerprint density at radius 2 is 1.01 bits per heavy atom. The number of fused-ring (bicyclic) bond motifs is 2. The van der Waals surface area contributed by atoms with Crippen LogP contribution in [0.5, 0.6) is 23.3 Å². The highest BCUT2D eigenvalue weighted by Gasteiger charge is 2.37. The van der Waals surface area contributed by atoms with Gasteiger partial charge >= 0.3 is 12.4 Å². The van der Waals surface area contributed by atoms with E-state index in [-0.39, 0.29) is 50.1 Å². The molecule has 0 aliphatic carbocycles. The molecule has 0 N–H and O–H groups in total. The topological polar surface area (TPSA) is 117 Å². The van der Waals surface area contributed by atoms with Crippen LogP contribution >= 0.6 is 22.6 Å². The molecule has 0 bridgehead atoms. The highest BCUT2D eigenvalue weighted by molar-refractivity contribution is 14.1. The van der Waals surface area contributed by atoms with Crippen molar-refractivity contribution in [3.8, 4) is 23.3 Å². The first kappa shape index (κ1) is 48.4. The predicted octanol–water partition coefficient (Wildman–Crippen LogP) is 11.5. The SMILES string of the molecule is O=c1ncn(Cc2ccc(F)cc2F)c2ccc(Oc3ncc(I)cc3C(F)(F)F)cc12.O=c1ncn(Cc2ccc(F)cc2F)c2ccc(Oc3ncc(N4CCCCC4)cc3C(F)(F)F)cc12. The monoisotopic (exact) mass is 1080 g/mol. The summed E-state index contributed by atoms with van der Waals surface area (Å²) in [5.41, 5.74) is -1.97. The van der Waals surface area contributed by atoms with E-state index in [1.165, 1.54) is 82.7 Å². The fourth-order valence-electron chi connectivity index (χ4n) is 7.41. The first-order chi connectivity index (χ1) is 32.8. The lowest BCUT2D eigenvalue weighted by molar-refractivity contribution is -0.139. The van der Waals surface area contributed by atoms with E-state index in [1.807, 2.05) is 4.90 Å². The molecular formula is C47H32F10IN7O4. The number of pyridine rings is 2.